The summed E-state index contributed by atoms with van der Waals surface area (Å²) < 4.78 is 11.2. The molecule has 0 unspecified atom stereocenters. The number of imidazole rings is 1. The molecule has 1 saturated heterocycles. The summed E-state index contributed by atoms with van der Waals surface area (Å²) in [7, 11) is 1.57. The summed E-state index contributed by atoms with van der Waals surface area (Å²) in [6.45, 7) is 1.73. The molecule has 1 fully saturated rings. The van der Waals surface area contributed by atoms with Crippen LogP contribution in [-0.4, -0.2) is 52.6 Å². The van der Waals surface area contributed by atoms with Gasteiger partial charge in [-0.3, -0.25) is 4.79 Å². The van der Waals surface area contributed by atoms with Gasteiger partial charge in [-0.2, -0.15) is 9.97 Å². The monoisotopic (exact) mass is 479 g/mol. The smallest absolute Gasteiger partial charge is 0.239 e. The van der Waals surface area contributed by atoms with Gasteiger partial charge in [0.05, 0.1) is 36.3 Å². The van der Waals surface area contributed by atoms with E-state index in [1.807, 2.05) is 29.2 Å². The second-order valence-electron chi connectivity index (χ2n) is 7.61. The van der Waals surface area contributed by atoms with Crippen LogP contribution < -0.4 is 25.0 Å². The minimum atomic E-state index is -0.0673. The molecule has 4 aromatic rings. The first-order valence-electron chi connectivity index (χ1n) is 10.7. The highest BCUT2D eigenvalue weighted by atomic mass is 35.5. The van der Waals surface area contributed by atoms with E-state index in [9.17, 15) is 4.79 Å². The van der Waals surface area contributed by atoms with Crippen molar-refractivity contribution in [1.29, 1.82) is 0 Å². The van der Waals surface area contributed by atoms with E-state index in [0.29, 0.717) is 47.9 Å². The van der Waals surface area contributed by atoms with Gasteiger partial charge in [-0.25, -0.2) is 4.98 Å². The number of hydrogen-bond acceptors (Lipinski definition) is 8. The lowest BCUT2D eigenvalue weighted by Crippen LogP contribution is -2.48. The molecule has 3 heterocycles. The summed E-state index contributed by atoms with van der Waals surface area (Å²) in [6, 6.07) is 14.6. The van der Waals surface area contributed by atoms with Crippen LogP contribution in [0.2, 0.25) is 5.02 Å². The van der Waals surface area contributed by atoms with Gasteiger partial charge in [0.25, 0.3) is 0 Å². The van der Waals surface area contributed by atoms with Gasteiger partial charge in [0, 0.05) is 25.2 Å². The van der Waals surface area contributed by atoms with Crippen LogP contribution in [0.3, 0.4) is 0 Å². The van der Waals surface area contributed by atoms with Crippen molar-refractivity contribution in [3.8, 4) is 17.4 Å². The zero-order valence-electron chi connectivity index (χ0n) is 18.3. The van der Waals surface area contributed by atoms with Crippen molar-refractivity contribution in [2.75, 3.05) is 37.0 Å². The van der Waals surface area contributed by atoms with Crippen LogP contribution in [0.5, 0.6) is 17.4 Å². The summed E-state index contributed by atoms with van der Waals surface area (Å²) in [5.74, 6) is 2.91. The molecule has 1 amide bonds. The van der Waals surface area contributed by atoms with Crippen molar-refractivity contribution in [2.45, 2.75) is 6.54 Å². The number of nitrogens with zero attached hydrogens (tertiary/aromatic N) is 4. The van der Waals surface area contributed by atoms with Crippen LogP contribution in [-0.2, 0) is 11.3 Å². The highest BCUT2D eigenvalue weighted by Crippen LogP contribution is 2.33. The van der Waals surface area contributed by atoms with Crippen molar-refractivity contribution in [3.05, 3.63) is 59.4 Å². The number of rotatable bonds is 7. The van der Waals surface area contributed by atoms with Gasteiger partial charge in [-0.1, -0.05) is 23.7 Å². The summed E-state index contributed by atoms with van der Waals surface area (Å²) in [4.78, 5) is 30.7. The number of anilines is 2. The van der Waals surface area contributed by atoms with Crippen LogP contribution in [0.15, 0.2) is 48.5 Å². The number of carbonyl (C=O) groups excluding carboxylic acids is 1. The quantitative estimate of drug-likeness (QED) is 0.369. The number of nitrogens with one attached hydrogen (secondary N) is 3. The fourth-order valence-electron chi connectivity index (χ4n) is 3.60. The Hall–Kier alpha value is -4.05. The molecule has 11 heteroatoms. The minimum Gasteiger partial charge on any atom is -0.497 e. The maximum atomic E-state index is 11.9. The van der Waals surface area contributed by atoms with Gasteiger partial charge in [0.2, 0.25) is 17.7 Å². The number of halogens is 1. The maximum absolute atomic E-state index is 11.9. The minimum absolute atomic E-state index is 0.0673. The number of piperazine rings is 1. The third-order valence-corrected chi connectivity index (χ3v) is 5.55. The molecule has 34 heavy (non-hydrogen) atoms. The molecule has 5 rings (SSSR count). The van der Waals surface area contributed by atoms with Crippen molar-refractivity contribution in [2.24, 2.45) is 0 Å². The SMILES string of the molecule is COc1ccc(Oc2cc(N3CCNC(=O)C3)nc(NCc3nc4ccccc4[nH]3)n2)c(Cl)c1. The number of para-hydroxylation sites is 2. The second-order valence-corrected chi connectivity index (χ2v) is 8.02. The molecule has 174 valence electrons. The van der Waals surface area contributed by atoms with E-state index in [1.54, 1.807) is 31.4 Å². The Morgan fingerprint density at radius 1 is 1.15 bits per heavy atom. The molecule has 0 radical (unpaired) electrons. The molecule has 0 atom stereocenters. The lowest BCUT2D eigenvalue weighted by atomic mass is 10.3. The molecule has 10 nitrogen and oxygen atoms in total. The van der Waals surface area contributed by atoms with Crippen molar-refractivity contribution in [1.82, 2.24) is 25.3 Å². The van der Waals surface area contributed by atoms with E-state index in [2.05, 4.69) is 30.6 Å². The molecule has 1 aliphatic rings. The number of H-pyrrole nitrogens is 1. The van der Waals surface area contributed by atoms with E-state index in [-0.39, 0.29) is 18.3 Å². The Bertz CT molecular complexity index is 1310. The number of fused-ring (bicyclic) bond motifs is 1. The highest BCUT2D eigenvalue weighted by Gasteiger charge is 2.20. The van der Waals surface area contributed by atoms with Gasteiger partial charge < -0.3 is 30.0 Å². The Labute approximate surface area is 200 Å². The van der Waals surface area contributed by atoms with Crippen LogP contribution in [0, 0.1) is 0 Å². The number of hydrogen-bond donors (Lipinski definition) is 3. The molecule has 2 aromatic heterocycles. The van der Waals surface area contributed by atoms with Crippen molar-refractivity contribution in [3.63, 3.8) is 0 Å². The zero-order chi connectivity index (χ0) is 23.5. The number of carbonyl (C=O) groups is 1. The van der Waals surface area contributed by atoms with E-state index in [0.717, 1.165) is 16.9 Å². The van der Waals surface area contributed by atoms with E-state index >= 15 is 0 Å². The summed E-state index contributed by atoms with van der Waals surface area (Å²) in [5.41, 5.74) is 1.83. The standard InChI is InChI=1S/C23H22ClN7O3/c1-33-14-6-7-18(15(24)10-14)34-22-11-20(31-9-8-25-21(32)13-31)29-23(30-22)26-12-19-27-16-4-2-3-5-17(16)28-19/h2-7,10-11H,8-9,12-13H2,1H3,(H,25,32)(H,27,28)(H,26,29,30). The molecule has 1 aliphatic heterocycles. The zero-order valence-corrected chi connectivity index (χ0v) is 19.1. The van der Waals surface area contributed by atoms with Gasteiger partial charge >= 0.3 is 0 Å². The van der Waals surface area contributed by atoms with Crippen LogP contribution >= 0.6 is 11.6 Å². The topological polar surface area (TPSA) is 117 Å². The number of aromatic nitrogens is 4. The maximum Gasteiger partial charge on any atom is 0.239 e. The Morgan fingerprint density at radius 2 is 2.03 bits per heavy atom. The number of benzene rings is 2. The molecule has 2 aromatic carbocycles. The first-order chi connectivity index (χ1) is 16.6. The number of methoxy groups -OCH3 is 1. The average Bonchev–Trinajstić information content (AvgIpc) is 3.27. The average molecular weight is 480 g/mol. The van der Waals surface area contributed by atoms with Gasteiger partial charge in [-0.15, -0.1) is 0 Å². The Morgan fingerprint density at radius 3 is 2.82 bits per heavy atom. The molecule has 0 saturated carbocycles. The normalized spacial score (nSPS) is 13.6. The summed E-state index contributed by atoms with van der Waals surface area (Å²) in [6.07, 6.45) is 0. The third kappa shape index (κ3) is 4.81. The second kappa shape index (κ2) is 9.44. The van der Waals surface area contributed by atoms with E-state index in [4.69, 9.17) is 21.1 Å². The van der Waals surface area contributed by atoms with Crippen molar-refractivity contribution >= 4 is 40.3 Å². The van der Waals surface area contributed by atoms with Crippen LogP contribution in [0.4, 0.5) is 11.8 Å². The molecular weight excluding hydrogens is 458 g/mol. The highest BCUT2D eigenvalue weighted by molar-refractivity contribution is 6.32. The van der Waals surface area contributed by atoms with Gasteiger partial charge in [0.15, 0.2) is 0 Å². The lowest BCUT2D eigenvalue weighted by molar-refractivity contribution is -0.120. The lowest BCUT2D eigenvalue weighted by Gasteiger charge is -2.28. The molecule has 0 spiro atoms. The first-order valence-corrected chi connectivity index (χ1v) is 11.0. The van der Waals surface area contributed by atoms with E-state index < -0.39 is 0 Å². The fraction of sp³-hybridized carbons (Fsp3) is 0.217. The Balaban J connectivity index is 1.42. The molecular formula is C23H22ClN7O3. The molecule has 3 N–H and O–H groups in total. The molecule has 0 aliphatic carbocycles. The van der Waals surface area contributed by atoms with Gasteiger partial charge in [-0.05, 0) is 24.3 Å². The van der Waals surface area contributed by atoms with Gasteiger partial charge in [0.1, 0.15) is 23.1 Å². The molecule has 0 bridgehead atoms. The van der Waals surface area contributed by atoms with Crippen LogP contribution in [0.25, 0.3) is 11.0 Å². The van der Waals surface area contributed by atoms with E-state index in [1.165, 1.54) is 0 Å². The van der Waals surface area contributed by atoms with Crippen molar-refractivity contribution < 1.29 is 14.3 Å². The largest absolute Gasteiger partial charge is 0.497 e. The number of amides is 1. The van der Waals surface area contributed by atoms with Crippen LogP contribution in [0.1, 0.15) is 5.82 Å². The first kappa shape index (κ1) is 21.8. The summed E-state index contributed by atoms with van der Waals surface area (Å²) >= 11 is 6.35. The number of aromatic amines is 1. The number of ether oxygens (including phenoxy) is 2. The predicted octanol–water partition coefficient (Wildman–Crippen LogP) is 3.36. The Kier molecular flexibility index (Phi) is 6.05. The summed E-state index contributed by atoms with van der Waals surface area (Å²) in [5, 5.41) is 6.39. The fourth-order valence-corrected chi connectivity index (χ4v) is 3.81. The predicted molar refractivity (Wildman–Crippen MR) is 129 cm³/mol. The third-order valence-electron chi connectivity index (χ3n) is 5.26.